The first kappa shape index (κ1) is 13.6. The van der Waals surface area contributed by atoms with Gasteiger partial charge in [0.15, 0.2) is 5.92 Å². The monoisotopic (exact) mass is 240 g/mol. The standard InChI is InChI=1S/C12H16O5/c1-15-12(16-2,17-3)10(11(13)14)9-7-5-4-6-8-9/h4-8,10H,1-3H3,(H,13,14). The molecule has 0 spiro atoms. The number of carbonyl (C=O) groups is 1. The Morgan fingerprint density at radius 2 is 1.59 bits per heavy atom. The number of hydrogen-bond acceptors (Lipinski definition) is 4. The zero-order valence-corrected chi connectivity index (χ0v) is 10.0. The fourth-order valence-corrected chi connectivity index (χ4v) is 1.75. The lowest BCUT2D eigenvalue weighted by Crippen LogP contribution is -2.46. The molecule has 0 bridgehead atoms. The Balaban J connectivity index is 3.21. The zero-order chi connectivity index (χ0) is 12.9. The molecule has 0 aromatic heterocycles. The Kier molecular flexibility index (Phi) is 4.62. The van der Waals surface area contributed by atoms with E-state index in [9.17, 15) is 9.90 Å². The number of rotatable bonds is 6. The average Bonchev–Trinajstić information content (AvgIpc) is 2.36. The molecule has 94 valence electrons. The lowest BCUT2D eigenvalue weighted by Gasteiger charge is -2.33. The summed E-state index contributed by atoms with van der Waals surface area (Å²) in [6.07, 6.45) is 0. The van der Waals surface area contributed by atoms with E-state index in [4.69, 9.17) is 14.2 Å². The van der Waals surface area contributed by atoms with Gasteiger partial charge in [-0.2, -0.15) is 0 Å². The normalized spacial score (nSPS) is 13.4. The molecule has 1 aromatic rings. The maximum Gasteiger partial charge on any atom is 0.319 e. The van der Waals surface area contributed by atoms with E-state index < -0.39 is 17.9 Å². The summed E-state index contributed by atoms with van der Waals surface area (Å²) in [4.78, 5) is 11.4. The second kappa shape index (κ2) is 5.77. The highest BCUT2D eigenvalue weighted by molar-refractivity contribution is 5.77. The van der Waals surface area contributed by atoms with E-state index in [1.807, 2.05) is 0 Å². The van der Waals surface area contributed by atoms with E-state index in [2.05, 4.69) is 0 Å². The number of aliphatic carboxylic acids is 1. The van der Waals surface area contributed by atoms with Crippen LogP contribution in [0.1, 0.15) is 11.5 Å². The molecular formula is C12H16O5. The highest BCUT2D eigenvalue weighted by Gasteiger charge is 2.46. The fourth-order valence-electron chi connectivity index (χ4n) is 1.75. The van der Waals surface area contributed by atoms with E-state index in [1.165, 1.54) is 21.3 Å². The summed E-state index contributed by atoms with van der Waals surface area (Å²) in [5.41, 5.74) is 0.547. The molecule has 0 saturated carbocycles. The van der Waals surface area contributed by atoms with Crippen LogP contribution in [0.5, 0.6) is 0 Å². The molecule has 0 radical (unpaired) electrons. The number of carboxylic acids is 1. The van der Waals surface area contributed by atoms with Crippen molar-refractivity contribution in [1.82, 2.24) is 0 Å². The van der Waals surface area contributed by atoms with Crippen molar-refractivity contribution >= 4 is 5.97 Å². The summed E-state index contributed by atoms with van der Waals surface area (Å²) in [7, 11) is 4.02. The summed E-state index contributed by atoms with van der Waals surface area (Å²) in [6, 6.07) is 8.67. The molecule has 1 rings (SSSR count). The molecule has 0 aliphatic carbocycles. The van der Waals surface area contributed by atoms with E-state index in [0.717, 1.165) is 0 Å². The Morgan fingerprint density at radius 3 is 1.94 bits per heavy atom. The Bertz CT molecular complexity index is 350. The van der Waals surface area contributed by atoms with Gasteiger partial charge in [-0.05, 0) is 5.56 Å². The van der Waals surface area contributed by atoms with E-state index in [0.29, 0.717) is 5.56 Å². The Labute approximate surface area is 99.9 Å². The summed E-state index contributed by atoms with van der Waals surface area (Å²) in [5, 5.41) is 9.32. The largest absolute Gasteiger partial charge is 0.481 e. The van der Waals surface area contributed by atoms with Gasteiger partial charge in [0.1, 0.15) is 0 Å². The Morgan fingerprint density at radius 1 is 1.12 bits per heavy atom. The number of benzene rings is 1. The first-order valence-corrected chi connectivity index (χ1v) is 5.04. The molecule has 0 aliphatic heterocycles. The first-order chi connectivity index (χ1) is 8.11. The van der Waals surface area contributed by atoms with Crippen LogP contribution in [-0.4, -0.2) is 38.4 Å². The third kappa shape index (κ3) is 2.63. The third-order valence-electron chi connectivity index (χ3n) is 2.59. The summed E-state index contributed by atoms with van der Waals surface area (Å²) >= 11 is 0. The molecule has 0 aliphatic rings. The quantitative estimate of drug-likeness (QED) is 0.762. The van der Waals surface area contributed by atoms with E-state index >= 15 is 0 Å². The van der Waals surface area contributed by atoms with Gasteiger partial charge in [0, 0.05) is 21.3 Å². The van der Waals surface area contributed by atoms with Crippen molar-refractivity contribution in [3.05, 3.63) is 35.9 Å². The Hall–Kier alpha value is -1.43. The number of hydrogen-bond donors (Lipinski definition) is 1. The molecule has 0 amide bonds. The molecule has 17 heavy (non-hydrogen) atoms. The predicted molar refractivity (Wildman–Crippen MR) is 60.6 cm³/mol. The van der Waals surface area contributed by atoms with E-state index in [-0.39, 0.29) is 0 Å². The van der Waals surface area contributed by atoms with Crippen LogP contribution in [-0.2, 0) is 19.0 Å². The van der Waals surface area contributed by atoms with Crippen molar-refractivity contribution in [2.45, 2.75) is 11.9 Å². The van der Waals surface area contributed by atoms with Gasteiger partial charge in [-0.25, -0.2) is 0 Å². The van der Waals surface area contributed by atoms with Crippen LogP contribution in [0.25, 0.3) is 0 Å². The number of ether oxygens (including phenoxy) is 3. The van der Waals surface area contributed by atoms with Crippen molar-refractivity contribution in [1.29, 1.82) is 0 Å². The van der Waals surface area contributed by atoms with Gasteiger partial charge in [0.05, 0.1) is 0 Å². The smallest absolute Gasteiger partial charge is 0.319 e. The van der Waals surface area contributed by atoms with Crippen LogP contribution in [0, 0.1) is 0 Å². The molecule has 1 N–H and O–H groups in total. The number of carboxylic acid groups (broad SMARTS) is 1. The van der Waals surface area contributed by atoms with Crippen LogP contribution in [0.15, 0.2) is 30.3 Å². The molecule has 1 aromatic carbocycles. The maximum atomic E-state index is 11.4. The van der Waals surface area contributed by atoms with Crippen molar-refractivity contribution in [2.75, 3.05) is 21.3 Å². The molecule has 5 heteroatoms. The van der Waals surface area contributed by atoms with E-state index in [1.54, 1.807) is 30.3 Å². The zero-order valence-electron chi connectivity index (χ0n) is 10.0. The van der Waals surface area contributed by atoms with Crippen molar-refractivity contribution in [2.24, 2.45) is 0 Å². The second-order valence-electron chi connectivity index (χ2n) is 3.40. The van der Waals surface area contributed by atoms with Crippen molar-refractivity contribution in [3.8, 4) is 0 Å². The maximum absolute atomic E-state index is 11.4. The third-order valence-corrected chi connectivity index (χ3v) is 2.59. The fraction of sp³-hybridized carbons (Fsp3) is 0.417. The van der Waals surface area contributed by atoms with Gasteiger partial charge in [-0.3, -0.25) is 4.79 Å². The molecular weight excluding hydrogens is 224 g/mol. The lowest BCUT2D eigenvalue weighted by atomic mass is 9.96. The van der Waals surface area contributed by atoms with Gasteiger partial charge in [0.2, 0.25) is 0 Å². The van der Waals surface area contributed by atoms with Gasteiger partial charge in [0.25, 0.3) is 5.97 Å². The minimum atomic E-state index is -1.63. The van der Waals surface area contributed by atoms with Crippen molar-refractivity contribution < 1.29 is 24.1 Å². The highest BCUT2D eigenvalue weighted by Crippen LogP contribution is 2.32. The topological polar surface area (TPSA) is 65.0 Å². The molecule has 1 atom stereocenters. The van der Waals surface area contributed by atoms with Crippen LogP contribution in [0.4, 0.5) is 0 Å². The van der Waals surface area contributed by atoms with Gasteiger partial charge < -0.3 is 19.3 Å². The number of methoxy groups -OCH3 is 3. The van der Waals surface area contributed by atoms with Gasteiger partial charge in [-0.15, -0.1) is 0 Å². The second-order valence-corrected chi connectivity index (χ2v) is 3.40. The van der Waals surface area contributed by atoms with Gasteiger partial charge >= 0.3 is 5.97 Å². The SMILES string of the molecule is COC(OC)(OC)C(C(=O)O)c1ccccc1. The minimum absolute atomic E-state index is 0.547. The first-order valence-electron chi connectivity index (χ1n) is 5.04. The van der Waals surface area contributed by atoms with Crippen LogP contribution in [0.3, 0.4) is 0 Å². The average molecular weight is 240 g/mol. The minimum Gasteiger partial charge on any atom is -0.481 e. The van der Waals surface area contributed by atoms with Crippen LogP contribution in [0.2, 0.25) is 0 Å². The summed E-state index contributed by atoms with van der Waals surface area (Å²) < 4.78 is 15.3. The van der Waals surface area contributed by atoms with Gasteiger partial charge in [-0.1, -0.05) is 30.3 Å². The summed E-state index contributed by atoms with van der Waals surface area (Å²) in [5.74, 6) is -3.78. The van der Waals surface area contributed by atoms with Crippen LogP contribution < -0.4 is 0 Å². The van der Waals surface area contributed by atoms with Crippen LogP contribution >= 0.6 is 0 Å². The molecule has 0 fully saturated rings. The summed E-state index contributed by atoms with van der Waals surface area (Å²) in [6.45, 7) is 0. The molecule has 0 saturated heterocycles. The lowest BCUT2D eigenvalue weighted by molar-refractivity contribution is -0.360. The highest BCUT2D eigenvalue weighted by atomic mass is 16.9. The molecule has 1 unspecified atom stereocenters. The molecule has 5 nitrogen and oxygen atoms in total. The van der Waals surface area contributed by atoms with Crippen molar-refractivity contribution in [3.63, 3.8) is 0 Å². The predicted octanol–water partition coefficient (Wildman–Crippen LogP) is 1.45. The molecule has 0 heterocycles.